The number of benzene rings is 2. The number of methoxy groups -OCH3 is 2. The lowest BCUT2D eigenvalue weighted by molar-refractivity contribution is 0.112. The number of ether oxygens (including phenoxy) is 2. The third-order valence-corrected chi connectivity index (χ3v) is 3.22. The first-order chi connectivity index (χ1) is 9.22. The van der Waals surface area contributed by atoms with Crippen molar-refractivity contribution >= 4 is 17.9 Å². The lowest BCUT2D eigenvalue weighted by Gasteiger charge is -2.14. The number of hydrogen-bond donors (Lipinski definition) is 0. The second-order valence-corrected chi connectivity index (χ2v) is 4.25. The van der Waals surface area contributed by atoms with Crippen LogP contribution in [0.25, 0.3) is 11.1 Å². The van der Waals surface area contributed by atoms with Gasteiger partial charge in [-0.25, -0.2) is 0 Å². The van der Waals surface area contributed by atoms with Crippen LogP contribution in [-0.4, -0.2) is 20.5 Å². The Morgan fingerprint density at radius 3 is 2.37 bits per heavy atom. The summed E-state index contributed by atoms with van der Waals surface area (Å²) in [6, 6.07) is 10.8. The molecule has 2 rings (SSSR count). The lowest BCUT2D eigenvalue weighted by atomic mass is 9.99. The largest absolute Gasteiger partial charge is 0.495 e. The van der Waals surface area contributed by atoms with E-state index in [4.69, 9.17) is 21.1 Å². The Morgan fingerprint density at radius 2 is 1.74 bits per heavy atom. The molecule has 0 heterocycles. The molecule has 0 aromatic heterocycles. The van der Waals surface area contributed by atoms with Gasteiger partial charge >= 0.3 is 0 Å². The summed E-state index contributed by atoms with van der Waals surface area (Å²) in [7, 11) is 3.08. The Bertz CT molecular complexity index is 608. The van der Waals surface area contributed by atoms with Crippen molar-refractivity contribution < 1.29 is 14.3 Å². The average molecular weight is 277 g/mol. The number of hydrogen-bond acceptors (Lipinski definition) is 3. The Hall–Kier alpha value is -2.00. The van der Waals surface area contributed by atoms with Crippen LogP contribution in [0.5, 0.6) is 11.5 Å². The molecule has 0 amide bonds. The predicted octanol–water partition coefficient (Wildman–Crippen LogP) is 3.84. The third-order valence-electron chi connectivity index (χ3n) is 2.86. The van der Waals surface area contributed by atoms with Gasteiger partial charge in [-0.3, -0.25) is 4.79 Å². The molecule has 0 aliphatic carbocycles. The molecule has 0 spiro atoms. The van der Waals surface area contributed by atoms with Crippen molar-refractivity contribution in [3.63, 3.8) is 0 Å². The Morgan fingerprint density at radius 1 is 1.00 bits per heavy atom. The molecule has 0 N–H and O–H groups in total. The van der Waals surface area contributed by atoms with Crippen molar-refractivity contribution in [2.75, 3.05) is 14.2 Å². The molecule has 0 aliphatic heterocycles. The third kappa shape index (κ3) is 2.42. The summed E-state index contributed by atoms with van der Waals surface area (Å²) < 4.78 is 10.5. The molecule has 3 nitrogen and oxygen atoms in total. The Labute approximate surface area is 116 Å². The van der Waals surface area contributed by atoms with Crippen molar-refractivity contribution in [3.05, 3.63) is 47.0 Å². The smallest absolute Gasteiger partial charge is 0.150 e. The monoisotopic (exact) mass is 276 g/mol. The molecular weight excluding hydrogens is 264 g/mol. The molecule has 0 fully saturated rings. The van der Waals surface area contributed by atoms with Crippen molar-refractivity contribution in [1.29, 1.82) is 0 Å². The zero-order valence-corrected chi connectivity index (χ0v) is 11.4. The van der Waals surface area contributed by atoms with E-state index >= 15 is 0 Å². The van der Waals surface area contributed by atoms with Gasteiger partial charge in [0.2, 0.25) is 0 Å². The molecule has 0 aliphatic rings. The molecule has 0 saturated heterocycles. The van der Waals surface area contributed by atoms with Gasteiger partial charge in [0.1, 0.15) is 16.5 Å². The van der Waals surface area contributed by atoms with Crippen LogP contribution in [-0.2, 0) is 0 Å². The molecule has 0 atom stereocenters. The summed E-state index contributed by atoms with van der Waals surface area (Å²) in [5.74, 6) is 1.03. The van der Waals surface area contributed by atoms with Crippen LogP contribution in [0, 0.1) is 0 Å². The minimum atomic E-state index is 0.392. The highest BCUT2D eigenvalue weighted by molar-refractivity contribution is 6.34. The van der Waals surface area contributed by atoms with Gasteiger partial charge in [0.25, 0.3) is 0 Å². The van der Waals surface area contributed by atoms with E-state index in [2.05, 4.69) is 0 Å². The van der Waals surface area contributed by atoms with Crippen LogP contribution in [0.4, 0.5) is 0 Å². The normalized spacial score (nSPS) is 10.1. The van der Waals surface area contributed by atoms with E-state index in [1.165, 1.54) is 7.11 Å². The van der Waals surface area contributed by atoms with Crippen molar-refractivity contribution in [2.24, 2.45) is 0 Å². The fraction of sp³-hybridized carbons (Fsp3) is 0.133. The van der Waals surface area contributed by atoms with Crippen molar-refractivity contribution in [2.45, 2.75) is 0 Å². The molecule has 19 heavy (non-hydrogen) atoms. The van der Waals surface area contributed by atoms with Crippen molar-refractivity contribution in [3.8, 4) is 22.6 Å². The van der Waals surface area contributed by atoms with E-state index in [-0.39, 0.29) is 0 Å². The van der Waals surface area contributed by atoms with Crippen molar-refractivity contribution in [1.82, 2.24) is 0 Å². The zero-order chi connectivity index (χ0) is 13.8. The van der Waals surface area contributed by atoms with Gasteiger partial charge in [-0.05, 0) is 17.7 Å². The average Bonchev–Trinajstić information content (AvgIpc) is 2.46. The molecule has 0 radical (unpaired) electrons. The van der Waals surface area contributed by atoms with Crippen LogP contribution in [0.1, 0.15) is 10.4 Å². The quantitative estimate of drug-likeness (QED) is 0.796. The molecular formula is C15H13ClO3. The lowest BCUT2D eigenvalue weighted by Crippen LogP contribution is -1.94. The molecule has 4 heteroatoms. The fourth-order valence-corrected chi connectivity index (χ4v) is 2.27. The highest BCUT2D eigenvalue weighted by atomic mass is 35.5. The minimum absolute atomic E-state index is 0.392. The van der Waals surface area contributed by atoms with Crippen LogP contribution in [0.15, 0.2) is 36.4 Å². The molecule has 0 unspecified atom stereocenters. The molecule has 0 saturated carbocycles. The molecule has 0 bridgehead atoms. The van der Waals surface area contributed by atoms with Gasteiger partial charge in [0, 0.05) is 11.1 Å². The Kier molecular flexibility index (Phi) is 4.07. The Balaban J connectivity index is 2.69. The van der Waals surface area contributed by atoms with Gasteiger partial charge in [-0.15, -0.1) is 0 Å². The van der Waals surface area contributed by atoms with Crippen LogP contribution in [0.2, 0.25) is 5.02 Å². The van der Waals surface area contributed by atoms with Gasteiger partial charge in [-0.2, -0.15) is 0 Å². The zero-order valence-electron chi connectivity index (χ0n) is 10.6. The molecule has 2 aromatic carbocycles. The van der Waals surface area contributed by atoms with E-state index in [9.17, 15) is 4.79 Å². The number of carbonyl (C=O) groups excluding carboxylic acids is 1. The van der Waals surface area contributed by atoms with Crippen LogP contribution in [0.3, 0.4) is 0 Å². The summed E-state index contributed by atoms with van der Waals surface area (Å²) in [6.07, 6.45) is 0.812. The number of carbonyl (C=O) groups is 1. The predicted molar refractivity (Wildman–Crippen MR) is 75.4 cm³/mol. The van der Waals surface area contributed by atoms with Gasteiger partial charge in [0.05, 0.1) is 14.2 Å². The topological polar surface area (TPSA) is 35.5 Å². The van der Waals surface area contributed by atoms with E-state index in [0.29, 0.717) is 22.1 Å². The number of halogens is 1. The molecule has 98 valence electrons. The first kappa shape index (κ1) is 13.4. The van der Waals surface area contributed by atoms with Gasteiger partial charge in [0.15, 0.2) is 6.29 Å². The number of aldehydes is 1. The van der Waals surface area contributed by atoms with E-state index in [1.807, 2.05) is 24.3 Å². The maximum Gasteiger partial charge on any atom is 0.150 e. The highest BCUT2D eigenvalue weighted by Gasteiger charge is 2.16. The van der Waals surface area contributed by atoms with E-state index in [1.54, 1.807) is 19.2 Å². The maximum atomic E-state index is 11.1. The second-order valence-electron chi connectivity index (χ2n) is 3.87. The number of rotatable bonds is 4. The fourth-order valence-electron chi connectivity index (χ4n) is 1.95. The first-order valence-electron chi connectivity index (χ1n) is 5.68. The van der Waals surface area contributed by atoms with Gasteiger partial charge < -0.3 is 9.47 Å². The summed E-state index contributed by atoms with van der Waals surface area (Å²) in [5, 5.41) is 0.392. The van der Waals surface area contributed by atoms with E-state index < -0.39 is 0 Å². The summed E-state index contributed by atoms with van der Waals surface area (Å²) in [5.41, 5.74) is 2.12. The first-order valence-corrected chi connectivity index (χ1v) is 6.05. The summed E-state index contributed by atoms with van der Waals surface area (Å²) >= 11 is 6.22. The van der Waals surface area contributed by atoms with Crippen LogP contribution >= 0.6 is 11.6 Å². The summed E-state index contributed by atoms with van der Waals surface area (Å²) in [6.45, 7) is 0. The van der Waals surface area contributed by atoms with E-state index in [0.717, 1.165) is 17.4 Å². The highest BCUT2D eigenvalue weighted by Crippen LogP contribution is 2.42. The maximum absolute atomic E-state index is 11.1. The van der Waals surface area contributed by atoms with Crippen LogP contribution < -0.4 is 9.47 Å². The molecule has 2 aromatic rings. The SMILES string of the molecule is COc1ccc(-c2ccccc2C=O)c(OC)c1Cl. The minimum Gasteiger partial charge on any atom is -0.495 e. The van der Waals surface area contributed by atoms with Gasteiger partial charge in [-0.1, -0.05) is 35.9 Å². The summed E-state index contributed by atoms with van der Waals surface area (Å²) in [4.78, 5) is 11.1. The standard InChI is InChI=1S/C15H13ClO3/c1-18-13-8-7-12(15(19-2)14(13)16)11-6-4-3-5-10(11)9-17/h3-9H,1-2H3. The second kappa shape index (κ2) is 5.76.